The molecule has 158 valence electrons. The van der Waals surface area contributed by atoms with Gasteiger partial charge in [-0.25, -0.2) is 24.0 Å². The van der Waals surface area contributed by atoms with Crippen LogP contribution in [0.2, 0.25) is 0 Å². The van der Waals surface area contributed by atoms with E-state index in [0.717, 1.165) is 48.1 Å². The summed E-state index contributed by atoms with van der Waals surface area (Å²) in [6.45, 7) is 2.08. The lowest BCUT2D eigenvalue weighted by Gasteiger charge is -2.30. The molecular weight excluding hydrogens is 419 g/mol. The molecule has 1 fully saturated rings. The molecule has 1 aliphatic heterocycles. The van der Waals surface area contributed by atoms with Gasteiger partial charge in [0.25, 0.3) is 0 Å². The molecule has 4 aromatic rings. The maximum atomic E-state index is 13.0. The Morgan fingerprint density at radius 2 is 1.87 bits per heavy atom. The number of rotatable bonds is 6. The molecule has 0 saturated carbocycles. The lowest BCUT2D eigenvalue weighted by molar-refractivity contribution is 0.301. The van der Waals surface area contributed by atoms with Crippen molar-refractivity contribution in [1.82, 2.24) is 35.2 Å². The molecule has 0 N–H and O–H groups in total. The van der Waals surface area contributed by atoms with Crippen LogP contribution in [0.3, 0.4) is 0 Å². The zero-order valence-corrected chi connectivity index (χ0v) is 17.3. The number of benzene rings is 1. The number of halogens is 1. The van der Waals surface area contributed by atoms with Gasteiger partial charge in [-0.05, 0) is 47.5 Å². The average molecular weight is 438 g/mol. The molecule has 0 spiro atoms. The van der Waals surface area contributed by atoms with E-state index < -0.39 is 5.82 Å². The van der Waals surface area contributed by atoms with Crippen LogP contribution < -0.4 is 9.64 Å². The SMILES string of the molecule is Fc1cnc(N2CCC(c3nc(COc4ccc(-n5cnnn5)cc4)cs3)CC2)nc1. The predicted octanol–water partition coefficient (Wildman–Crippen LogP) is 3.01. The Hall–Kier alpha value is -3.47. The first kappa shape index (κ1) is 19.5. The van der Waals surface area contributed by atoms with Gasteiger partial charge in [-0.2, -0.15) is 0 Å². The van der Waals surface area contributed by atoms with E-state index in [4.69, 9.17) is 9.72 Å². The van der Waals surface area contributed by atoms with Gasteiger partial charge < -0.3 is 9.64 Å². The summed E-state index contributed by atoms with van der Waals surface area (Å²) in [5, 5.41) is 14.3. The summed E-state index contributed by atoms with van der Waals surface area (Å²) in [5.41, 5.74) is 1.79. The Balaban J connectivity index is 1.14. The number of aromatic nitrogens is 7. The molecule has 0 radical (unpaired) electrons. The molecular formula is C20H19FN8OS. The van der Waals surface area contributed by atoms with E-state index in [-0.39, 0.29) is 0 Å². The van der Waals surface area contributed by atoms with Crippen LogP contribution in [0.5, 0.6) is 5.75 Å². The Bertz CT molecular complexity index is 1110. The Labute approximate surface area is 181 Å². The first-order chi connectivity index (χ1) is 15.2. The number of nitrogens with zero attached hydrogens (tertiary/aromatic N) is 8. The summed E-state index contributed by atoms with van der Waals surface area (Å²) in [6.07, 6.45) is 5.89. The Kier molecular flexibility index (Phi) is 5.48. The monoisotopic (exact) mass is 438 g/mol. The van der Waals surface area contributed by atoms with E-state index in [1.165, 1.54) is 12.4 Å². The van der Waals surface area contributed by atoms with Crippen molar-refractivity contribution < 1.29 is 9.13 Å². The minimum atomic E-state index is -0.417. The van der Waals surface area contributed by atoms with Crippen LogP contribution in [0.15, 0.2) is 48.4 Å². The zero-order chi connectivity index (χ0) is 21.0. The molecule has 3 aromatic heterocycles. The van der Waals surface area contributed by atoms with Crippen LogP contribution in [0, 0.1) is 5.82 Å². The number of hydrogen-bond donors (Lipinski definition) is 0. The van der Waals surface area contributed by atoms with E-state index >= 15 is 0 Å². The fourth-order valence-electron chi connectivity index (χ4n) is 3.50. The number of piperidine rings is 1. The second-order valence-electron chi connectivity index (χ2n) is 7.18. The standard InChI is InChI=1S/C20H19FN8OS/c21-15-9-22-20(23-10-15)28-7-5-14(6-8-28)19-25-16(12-31-19)11-30-18-3-1-17(2-4-18)29-13-24-26-27-29/h1-4,9-10,12-14H,5-8,11H2. The summed E-state index contributed by atoms with van der Waals surface area (Å²) in [5.74, 6) is 1.34. The molecule has 4 heterocycles. The maximum Gasteiger partial charge on any atom is 0.225 e. The molecule has 9 nitrogen and oxygen atoms in total. The lowest BCUT2D eigenvalue weighted by atomic mass is 9.98. The third-order valence-electron chi connectivity index (χ3n) is 5.14. The van der Waals surface area contributed by atoms with E-state index in [0.29, 0.717) is 18.5 Å². The zero-order valence-electron chi connectivity index (χ0n) is 16.5. The molecule has 0 atom stereocenters. The fourth-order valence-corrected chi connectivity index (χ4v) is 4.48. The predicted molar refractivity (Wildman–Crippen MR) is 112 cm³/mol. The van der Waals surface area contributed by atoms with Crippen LogP contribution in [0.4, 0.5) is 10.3 Å². The smallest absolute Gasteiger partial charge is 0.225 e. The highest BCUT2D eigenvalue weighted by Crippen LogP contribution is 2.31. The van der Waals surface area contributed by atoms with Crippen LogP contribution in [0.25, 0.3) is 5.69 Å². The third kappa shape index (κ3) is 4.50. The summed E-state index contributed by atoms with van der Waals surface area (Å²) >= 11 is 1.67. The van der Waals surface area contributed by atoms with Crippen LogP contribution >= 0.6 is 11.3 Å². The number of anilines is 1. The van der Waals surface area contributed by atoms with Crippen LogP contribution in [-0.2, 0) is 6.61 Å². The molecule has 1 aromatic carbocycles. The fraction of sp³-hybridized carbons (Fsp3) is 0.300. The molecule has 1 saturated heterocycles. The van der Waals surface area contributed by atoms with Gasteiger partial charge in [-0.3, -0.25) is 0 Å². The topological polar surface area (TPSA) is 94.7 Å². The lowest BCUT2D eigenvalue weighted by Crippen LogP contribution is -2.34. The molecule has 11 heteroatoms. The molecule has 5 rings (SSSR count). The van der Waals surface area contributed by atoms with Gasteiger partial charge in [0.05, 0.1) is 28.8 Å². The van der Waals surface area contributed by atoms with Crippen molar-refractivity contribution in [2.24, 2.45) is 0 Å². The first-order valence-electron chi connectivity index (χ1n) is 9.87. The maximum absolute atomic E-state index is 13.0. The van der Waals surface area contributed by atoms with Gasteiger partial charge >= 0.3 is 0 Å². The van der Waals surface area contributed by atoms with E-state index in [2.05, 4.69) is 35.8 Å². The number of ether oxygens (including phenoxy) is 1. The van der Waals surface area contributed by atoms with Gasteiger partial charge in [0.1, 0.15) is 18.7 Å². The number of thiazole rings is 1. The first-order valence-corrected chi connectivity index (χ1v) is 10.8. The van der Waals surface area contributed by atoms with Crippen molar-refractivity contribution >= 4 is 17.3 Å². The van der Waals surface area contributed by atoms with Crippen molar-refractivity contribution in [3.8, 4) is 11.4 Å². The molecule has 31 heavy (non-hydrogen) atoms. The molecule has 0 bridgehead atoms. The van der Waals surface area contributed by atoms with E-state index in [9.17, 15) is 4.39 Å². The van der Waals surface area contributed by atoms with Gasteiger partial charge in [0, 0.05) is 24.4 Å². The van der Waals surface area contributed by atoms with Gasteiger partial charge in [0.15, 0.2) is 5.82 Å². The van der Waals surface area contributed by atoms with Crippen LogP contribution in [0.1, 0.15) is 29.5 Å². The van der Waals surface area contributed by atoms with Crippen molar-refractivity contribution in [3.63, 3.8) is 0 Å². The van der Waals surface area contributed by atoms with E-state index in [1.807, 2.05) is 24.3 Å². The molecule has 0 unspecified atom stereocenters. The van der Waals surface area contributed by atoms with Crippen molar-refractivity contribution in [2.75, 3.05) is 18.0 Å². The second kappa shape index (κ2) is 8.72. The normalized spacial score (nSPS) is 14.7. The molecule has 0 amide bonds. The Morgan fingerprint density at radius 1 is 1.10 bits per heavy atom. The summed E-state index contributed by atoms with van der Waals surface area (Å²) in [6, 6.07) is 7.57. The average Bonchev–Trinajstić information content (AvgIpc) is 3.51. The van der Waals surface area contributed by atoms with Gasteiger partial charge in [-0.15, -0.1) is 16.4 Å². The van der Waals surface area contributed by atoms with Gasteiger partial charge in [0.2, 0.25) is 5.95 Å². The minimum absolute atomic E-state index is 0.408. The minimum Gasteiger partial charge on any atom is -0.487 e. The van der Waals surface area contributed by atoms with Crippen molar-refractivity contribution in [2.45, 2.75) is 25.4 Å². The third-order valence-corrected chi connectivity index (χ3v) is 6.20. The summed E-state index contributed by atoms with van der Waals surface area (Å²) in [4.78, 5) is 15.0. The van der Waals surface area contributed by atoms with Crippen molar-refractivity contribution in [1.29, 1.82) is 0 Å². The quantitative estimate of drug-likeness (QED) is 0.453. The van der Waals surface area contributed by atoms with Gasteiger partial charge in [-0.1, -0.05) is 0 Å². The Morgan fingerprint density at radius 3 is 2.58 bits per heavy atom. The number of hydrogen-bond acceptors (Lipinski definition) is 9. The van der Waals surface area contributed by atoms with Crippen LogP contribution in [-0.4, -0.2) is 48.2 Å². The molecule has 1 aliphatic rings. The second-order valence-corrected chi connectivity index (χ2v) is 8.07. The molecule has 0 aliphatic carbocycles. The van der Waals surface area contributed by atoms with Crippen molar-refractivity contribution in [3.05, 3.63) is 64.9 Å². The highest BCUT2D eigenvalue weighted by Gasteiger charge is 2.24. The van der Waals surface area contributed by atoms with E-state index in [1.54, 1.807) is 22.3 Å². The summed E-state index contributed by atoms with van der Waals surface area (Å²) in [7, 11) is 0. The largest absolute Gasteiger partial charge is 0.487 e. The summed E-state index contributed by atoms with van der Waals surface area (Å²) < 4.78 is 20.5. The number of tetrazole rings is 1. The highest BCUT2D eigenvalue weighted by atomic mass is 32.1. The highest BCUT2D eigenvalue weighted by molar-refractivity contribution is 7.09.